The highest BCUT2D eigenvalue weighted by Crippen LogP contribution is 2.32. The molecule has 0 amide bonds. The maximum atomic E-state index is 13.0. The summed E-state index contributed by atoms with van der Waals surface area (Å²) in [6.45, 7) is 1.97. The van der Waals surface area contributed by atoms with Crippen LogP contribution in [0.4, 0.5) is 0 Å². The summed E-state index contributed by atoms with van der Waals surface area (Å²) < 4.78 is 1.41. The number of benzene rings is 2. The summed E-state index contributed by atoms with van der Waals surface area (Å²) in [6.07, 6.45) is 3.43. The average Bonchev–Trinajstić information content (AvgIpc) is 3.15. The van der Waals surface area contributed by atoms with Crippen molar-refractivity contribution in [3.63, 3.8) is 0 Å². The van der Waals surface area contributed by atoms with Crippen LogP contribution in [-0.4, -0.2) is 19.7 Å². The van der Waals surface area contributed by atoms with Crippen molar-refractivity contribution < 1.29 is 0 Å². The Morgan fingerprint density at radius 1 is 0.969 bits per heavy atom. The highest BCUT2D eigenvalue weighted by Gasteiger charge is 2.22. The zero-order valence-corrected chi connectivity index (χ0v) is 17.9. The van der Waals surface area contributed by atoms with E-state index in [1.54, 1.807) is 36.7 Å². The topological polar surface area (TPSA) is 63.6 Å². The Balaban J connectivity index is 1.56. The van der Waals surface area contributed by atoms with E-state index < -0.39 is 0 Å². The fourth-order valence-corrected chi connectivity index (χ4v) is 3.69. The van der Waals surface area contributed by atoms with Gasteiger partial charge in [-0.15, -0.1) is 0 Å². The number of halogens is 1. The lowest BCUT2D eigenvalue weighted by molar-refractivity contribution is 0.858. The van der Waals surface area contributed by atoms with Crippen LogP contribution in [0.3, 0.4) is 0 Å². The summed E-state index contributed by atoms with van der Waals surface area (Å²) in [6, 6.07) is 20.6. The standard InChI is InChI=1S/C26H17ClN4O/c1-17-24(19-8-5-18(6-9-19)7-12-21-4-2-3-15-28-21)25-23(16-29-17)26(32)31(30-25)22-13-10-20(27)11-14-22/h2-6,8-11,13-16,29H,1H3. The minimum Gasteiger partial charge on any atom is -0.364 e. The van der Waals surface area contributed by atoms with Gasteiger partial charge in [0.2, 0.25) is 0 Å². The number of rotatable bonds is 2. The fraction of sp³-hybridized carbons (Fsp3) is 0.0385. The van der Waals surface area contributed by atoms with Gasteiger partial charge in [-0.2, -0.15) is 9.78 Å². The van der Waals surface area contributed by atoms with Gasteiger partial charge < -0.3 is 4.98 Å². The van der Waals surface area contributed by atoms with Crippen LogP contribution in [0.15, 0.2) is 83.9 Å². The van der Waals surface area contributed by atoms with E-state index in [-0.39, 0.29) is 5.56 Å². The Hall–Kier alpha value is -4.14. The number of aryl methyl sites for hydroxylation is 1. The monoisotopic (exact) mass is 436 g/mol. The van der Waals surface area contributed by atoms with Crippen molar-refractivity contribution >= 4 is 11.6 Å². The number of hydrogen-bond donors (Lipinski definition) is 1. The van der Waals surface area contributed by atoms with Crippen LogP contribution in [0.2, 0.25) is 5.02 Å². The second-order valence-electron chi connectivity index (χ2n) is 7.29. The maximum absolute atomic E-state index is 13.0. The molecule has 154 valence electrons. The van der Waals surface area contributed by atoms with Gasteiger partial charge in [-0.1, -0.05) is 35.7 Å². The molecule has 5 nitrogen and oxygen atoms in total. The molecular formula is C26H17ClN4O. The fourth-order valence-electron chi connectivity index (χ4n) is 3.56. The van der Waals surface area contributed by atoms with Gasteiger partial charge in [0.25, 0.3) is 5.56 Å². The summed E-state index contributed by atoms with van der Waals surface area (Å²) in [7, 11) is 0. The van der Waals surface area contributed by atoms with Crippen molar-refractivity contribution in [2.75, 3.05) is 0 Å². The van der Waals surface area contributed by atoms with Gasteiger partial charge >= 0.3 is 0 Å². The smallest absolute Gasteiger partial charge is 0.282 e. The van der Waals surface area contributed by atoms with Crippen molar-refractivity contribution in [2.24, 2.45) is 0 Å². The second kappa shape index (κ2) is 8.18. The lowest BCUT2D eigenvalue weighted by atomic mass is 9.98. The van der Waals surface area contributed by atoms with Gasteiger partial charge in [0.05, 0.1) is 11.3 Å². The van der Waals surface area contributed by atoms with Crippen molar-refractivity contribution in [2.45, 2.75) is 6.92 Å². The zero-order valence-electron chi connectivity index (χ0n) is 17.1. The van der Waals surface area contributed by atoms with Crippen LogP contribution in [0, 0.1) is 18.8 Å². The molecule has 6 heteroatoms. The SMILES string of the molecule is Cc1[nH]cc2c(=O)n(-c3ccc(Cl)cc3)nc-2c1-c1ccc(C#Cc2ccccn2)cc1. The first-order valence-electron chi connectivity index (χ1n) is 10.0. The maximum Gasteiger partial charge on any atom is 0.282 e. The summed E-state index contributed by atoms with van der Waals surface area (Å²) in [5.74, 6) is 6.19. The highest BCUT2D eigenvalue weighted by molar-refractivity contribution is 6.30. The Morgan fingerprint density at radius 2 is 1.75 bits per heavy atom. The average molecular weight is 437 g/mol. The van der Waals surface area contributed by atoms with Crippen LogP contribution in [-0.2, 0) is 0 Å². The van der Waals surface area contributed by atoms with E-state index in [0.29, 0.717) is 22.0 Å². The van der Waals surface area contributed by atoms with Gasteiger partial charge in [-0.3, -0.25) is 4.79 Å². The van der Waals surface area contributed by atoms with Gasteiger partial charge in [0.15, 0.2) is 0 Å². The van der Waals surface area contributed by atoms with Crippen LogP contribution in [0.25, 0.3) is 28.1 Å². The highest BCUT2D eigenvalue weighted by atomic mass is 35.5. The molecule has 3 aromatic rings. The third-order valence-corrected chi connectivity index (χ3v) is 5.42. The van der Waals surface area contributed by atoms with Crippen molar-refractivity contribution in [3.05, 3.63) is 111 Å². The molecule has 5 rings (SSSR count). The third kappa shape index (κ3) is 3.68. The lowest BCUT2D eigenvalue weighted by Crippen LogP contribution is -2.14. The molecule has 2 aromatic carbocycles. The van der Waals surface area contributed by atoms with Crippen LogP contribution in [0.5, 0.6) is 0 Å². The zero-order chi connectivity index (χ0) is 22.1. The molecule has 32 heavy (non-hydrogen) atoms. The minimum absolute atomic E-state index is 0.183. The number of aromatic nitrogens is 4. The molecule has 2 aliphatic rings. The first kappa shape index (κ1) is 19.8. The molecule has 0 fully saturated rings. The summed E-state index contributed by atoms with van der Waals surface area (Å²) in [5, 5.41) is 5.26. The number of nitrogens with one attached hydrogen (secondary N) is 1. The summed E-state index contributed by atoms with van der Waals surface area (Å²) >= 11 is 5.99. The summed E-state index contributed by atoms with van der Waals surface area (Å²) in [5.41, 5.74) is 6.02. The molecule has 2 aliphatic heterocycles. The number of H-pyrrole nitrogens is 1. The number of hydrogen-bond acceptors (Lipinski definition) is 3. The number of aromatic amines is 1. The van der Waals surface area contributed by atoms with E-state index in [2.05, 4.69) is 26.9 Å². The summed E-state index contributed by atoms with van der Waals surface area (Å²) in [4.78, 5) is 20.4. The molecule has 0 aliphatic carbocycles. The molecule has 3 heterocycles. The molecule has 1 aromatic heterocycles. The third-order valence-electron chi connectivity index (χ3n) is 5.17. The van der Waals surface area contributed by atoms with Crippen LogP contribution >= 0.6 is 11.6 Å². The predicted molar refractivity (Wildman–Crippen MR) is 126 cm³/mol. The molecule has 0 saturated carbocycles. The molecule has 0 unspecified atom stereocenters. The molecule has 0 spiro atoms. The molecule has 0 bridgehead atoms. The molecule has 0 radical (unpaired) electrons. The Labute approximate surface area is 189 Å². The van der Waals surface area contributed by atoms with Gasteiger partial charge in [0.1, 0.15) is 11.4 Å². The van der Waals surface area contributed by atoms with Gasteiger partial charge in [-0.25, -0.2) is 4.98 Å². The first-order valence-corrected chi connectivity index (χ1v) is 10.4. The Morgan fingerprint density at radius 3 is 2.47 bits per heavy atom. The number of fused-ring (bicyclic) bond motifs is 1. The quantitative estimate of drug-likeness (QED) is 0.392. The van der Waals surface area contributed by atoms with E-state index in [1.807, 2.05) is 49.4 Å². The van der Waals surface area contributed by atoms with Gasteiger partial charge in [-0.05, 0) is 66.9 Å². The molecule has 1 N–H and O–H groups in total. The van der Waals surface area contributed by atoms with Crippen molar-refractivity contribution in [3.8, 4) is 39.9 Å². The molecule has 0 saturated heterocycles. The lowest BCUT2D eigenvalue weighted by Gasteiger charge is -2.10. The second-order valence-corrected chi connectivity index (χ2v) is 7.72. The van der Waals surface area contributed by atoms with E-state index in [9.17, 15) is 4.79 Å². The van der Waals surface area contributed by atoms with E-state index in [4.69, 9.17) is 11.6 Å². The van der Waals surface area contributed by atoms with Crippen LogP contribution < -0.4 is 5.56 Å². The van der Waals surface area contributed by atoms with E-state index in [1.165, 1.54) is 4.68 Å². The molecule has 0 atom stereocenters. The number of pyridine rings is 2. The van der Waals surface area contributed by atoms with E-state index in [0.717, 1.165) is 28.1 Å². The van der Waals surface area contributed by atoms with Crippen LogP contribution in [0.1, 0.15) is 17.0 Å². The Kier molecular flexibility index (Phi) is 5.06. The van der Waals surface area contributed by atoms with Crippen molar-refractivity contribution in [1.29, 1.82) is 0 Å². The molecular weight excluding hydrogens is 420 g/mol. The predicted octanol–water partition coefficient (Wildman–Crippen LogP) is 5.09. The Bertz CT molecular complexity index is 1490. The minimum atomic E-state index is -0.183. The normalized spacial score (nSPS) is 10.7. The van der Waals surface area contributed by atoms with Gasteiger partial charge in [0, 0.05) is 34.2 Å². The van der Waals surface area contributed by atoms with E-state index >= 15 is 0 Å². The van der Waals surface area contributed by atoms with Crippen molar-refractivity contribution in [1.82, 2.24) is 19.7 Å². The largest absolute Gasteiger partial charge is 0.364 e. The first-order chi connectivity index (χ1) is 15.6. The number of nitrogens with zero attached hydrogens (tertiary/aromatic N) is 3.